The molecule has 140 valence electrons. The van der Waals surface area contributed by atoms with Crippen LogP contribution in [0.3, 0.4) is 0 Å². The molecule has 1 aliphatic rings. The topological polar surface area (TPSA) is 69.6 Å². The predicted octanol–water partition coefficient (Wildman–Crippen LogP) is 4.60. The zero-order valence-corrected chi connectivity index (χ0v) is 14.9. The van der Waals surface area contributed by atoms with Crippen molar-refractivity contribution >= 4 is 28.5 Å². The fourth-order valence-electron chi connectivity index (χ4n) is 3.35. The van der Waals surface area contributed by atoms with Crippen LogP contribution in [0, 0.1) is 11.7 Å². The Kier molecular flexibility index (Phi) is 5.07. The minimum atomic E-state index is -0.333. The fourth-order valence-corrected chi connectivity index (χ4v) is 3.35. The maximum absolute atomic E-state index is 14.4. The first kappa shape index (κ1) is 17.5. The van der Waals surface area contributed by atoms with E-state index >= 15 is 0 Å². The highest BCUT2D eigenvalue weighted by atomic mass is 19.1. The van der Waals surface area contributed by atoms with E-state index in [9.17, 15) is 9.50 Å². The Morgan fingerprint density at radius 3 is 2.85 bits per heavy atom. The Bertz CT molecular complexity index is 961. The molecule has 0 spiro atoms. The van der Waals surface area contributed by atoms with Crippen LogP contribution in [0.4, 0.5) is 15.8 Å². The molecule has 0 amide bonds. The van der Waals surface area contributed by atoms with Gasteiger partial charge < -0.3 is 20.1 Å². The molecule has 4 rings (SSSR count). The fraction of sp³-hybridized carbons (Fsp3) is 0.286. The smallest absolute Gasteiger partial charge is 0.198 e. The van der Waals surface area contributed by atoms with Gasteiger partial charge >= 0.3 is 0 Å². The zero-order chi connectivity index (χ0) is 18.6. The highest BCUT2D eigenvalue weighted by Crippen LogP contribution is 2.27. The first-order chi connectivity index (χ1) is 13.2. The van der Waals surface area contributed by atoms with E-state index < -0.39 is 0 Å². The molecule has 3 N–H and O–H groups in total. The van der Waals surface area contributed by atoms with E-state index in [1.807, 2.05) is 24.3 Å². The van der Waals surface area contributed by atoms with Gasteiger partial charge in [0.25, 0.3) is 0 Å². The van der Waals surface area contributed by atoms with Crippen molar-refractivity contribution in [2.45, 2.75) is 12.8 Å². The monoisotopic (exact) mass is 367 g/mol. The molecule has 1 saturated heterocycles. The number of hydrogen-bond acceptors (Lipinski definition) is 4. The Morgan fingerprint density at radius 1 is 1.22 bits per heavy atom. The van der Waals surface area contributed by atoms with Crippen molar-refractivity contribution in [3.63, 3.8) is 0 Å². The van der Waals surface area contributed by atoms with Crippen molar-refractivity contribution < 1.29 is 14.2 Å². The van der Waals surface area contributed by atoms with Crippen LogP contribution in [0.25, 0.3) is 10.9 Å². The van der Waals surface area contributed by atoms with Crippen molar-refractivity contribution in [1.82, 2.24) is 4.98 Å². The van der Waals surface area contributed by atoms with E-state index in [4.69, 9.17) is 4.74 Å². The number of aromatic nitrogens is 1. The summed E-state index contributed by atoms with van der Waals surface area (Å²) in [6, 6.07) is 12.4. The largest absolute Gasteiger partial charge is 0.494 e. The van der Waals surface area contributed by atoms with Gasteiger partial charge in [-0.2, -0.15) is 0 Å². The van der Waals surface area contributed by atoms with Crippen LogP contribution in [-0.2, 0) is 4.74 Å². The second-order valence-electron chi connectivity index (χ2n) is 6.79. The lowest BCUT2D eigenvalue weighted by atomic mass is 10.0. The van der Waals surface area contributed by atoms with Gasteiger partial charge in [-0.3, -0.25) is 4.99 Å². The summed E-state index contributed by atoms with van der Waals surface area (Å²) in [5, 5.41) is 14.1. The summed E-state index contributed by atoms with van der Waals surface area (Å²) in [5.41, 5.74) is 2.40. The zero-order valence-electron chi connectivity index (χ0n) is 14.9. The van der Waals surface area contributed by atoms with E-state index in [0.29, 0.717) is 22.9 Å². The molecular formula is C21H22FN3O2. The number of H-pyrrole nitrogens is 1. The SMILES string of the molecule is Oc1[nH]c2ccccc2c1C=Nc1ccc(NCC2CCOCC2)c(F)c1. The summed E-state index contributed by atoms with van der Waals surface area (Å²) in [7, 11) is 0. The first-order valence-electron chi connectivity index (χ1n) is 9.15. The van der Waals surface area contributed by atoms with Gasteiger partial charge in [0.05, 0.1) is 16.9 Å². The van der Waals surface area contributed by atoms with Crippen molar-refractivity contribution in [1.29, 1.82) is 0 Å². The number of aromatic amines is 1. The van der Waals surface area contributed by atoms with E-state index in [1.165, 1.54) is 6.07 Å². The molecule has 1 aromatic heterocycles. The summed E-state index contributed by atoms with van der Waals surface area (Å²) < 4.78 is 19.7. The van der Waals surface area contributed by atoms with Gasteiger partial charge in [-0.25, -0.2) is 4.39 Å². The molecule has 2 heterocycles. The van der Waals surface area contributed by atoms with Crippen molar-refractivity contribution in [2.24, 2.45) is 10.9 Å². The van der Waals surface area contributed by atoms with Crippen molar-refractivity contribution in [3.8, 4) is 5.88 Å². The molecule has 6 heteroatoms. The molecule has 0 unspecified atom stereocenters. The summed E-state index contributed by atoms with van der Waals surface area (Å²) in [6.07, 6.45) is 3.56. The number of benzene rings is 2. The molecule has 0 bridgehead atoms. The third-order valence-corrected chi connectivity index (χ3v) is 4.94. The van der Waals surface area contributed by atoms with Gasteiger partial charge in [-0.1, -0.05) is 18.2 Å². The summed E-state index contributed by atoms with van der Waals surface area (Å²) in [4.78, 5) is 7.23. The van der Waals surface area contributed by atoms with Crippen molar-refractivity contribution in [2.75, 3.05) is 25.1 Å². The minimum Gasteiger partial charge on any atom is -0.494 e. The number of aliphatic imine (C=N–C) groups is 1. The van der Waals surface area contributed by atoms with Gasteiger partial charge in [0.2, 0.25) is 0 Å². The van der Waals surface area contributed by atoms with E-state index in [0.717, 1.165) is 43.5 Å². The van der Waals surface area contributed by atoms with Gasteiger partial charge in [0, 0.05) is 42.9 Å². The van der Waals surface area contributed by atoms with Gasteiger partial charge in [0.15, 0.2) is 5.88 Å². The van der Waals surface area contributed by atoms with Crippen LogP contribution in [0.2, 0.25) is 0 Å². The lowest BCUT2D eigenvalue weighted by molar-refractivity contribution is 0.0699. The van der Waals surface area contributed by atoms with Crippen LogP contribution in [-0.4, -0.2) is 36.1 Å². The maximum atomic E-state index is 14.4. The quantitative estimate of drug-likeness (QED) is 0.577. The van der Waals surface area contributed by atoms with E-state index in [2.05, 4.69) is 15.3 Å². The average Bonchev–Trinajstić information content (AvgIpc) is 3.01. The van der Waals surface area contributed by atoms with Crippen LogP contribution in [0.15, 0.2) is 47.5 Å². The summed E-state index contributed by atoms with van der Waals surface area (Å²) in [5.74, 6) is 0.232. The second kappa shape index (κ2) is 7.80. The number of para-hydroxylation sites is 1. The predicted molar refractivity (Wildman–Crippen MR) is 106 cm³/mol. The normalized spacial score (nSPS) is 15.6. The number of aromatic hydroxyl groups is 1. The minimum absolute atomic E-state index is 0.0511. The number of nitrogens with zero attached hydrogens (tertiary/aromatic N) is 1. The number of ether oxygens (including phenoxy) is 1. The molecule has 0 radical (unpaired) electrons. The Labute approximate surface area is 156 Å². The summed E-state index contributed by atoms with van der Waals surface area (Å²) in [6.45, 7) is 2.30. The van der Waals surface area contributed by atoms with Crippen LogP contribution < -0.4 is 5.32 Å². The van der Waals surface area contributed by atoms with Gasteiger partial charge in [-0.05, 0) is 37.0 Å². The molecule has 5 nitrogen and oxygen atoms in total. The van der Waals surface area contributed by atoms with Crippen molar-refractivity contribution in [3.05, 3.63) is 53.8 Å². The molecule has 27 heavy (non-hydrogen) atoms. The van der Waals surface area contributed by atoms with Crippen LogP contribution in [0.5, 0.6) is 5.88 Å². The highest BCUT2D eigenvalue weighted by molar-refractivity contribution is 6.02. The van der Waals surface area contributed by atoms with Crippen LogP contribution >= 0.6 is 0 Å². The Balaban J connectivity index is 1.47. The lowest BCUT2D eigenvalue weighted by Crippen LogP contribution is -2.22. The number of fused-ring (bicyclic) bond motifs is 1. The number of nitrogens with one attached hydrogen (secondary N) is 2. The number of anilines is 1. The standard InChI is InChI=1S/C21H22FN3O2/c22-18-11-15(5-6-20(18)24-12-14-7-9-27-10-8-14)23-13-17-16-3-1-2-4-19(16)25-21(17)26/h1-6,11,13-14,24-26H,7-10,12H2. The molecule has 0 aliphatic carbocycles. The molecule has 1 aliphatic heterocycles. The summed E-state index contributed by atoms with van der Waals surface area (Å²) >= 11 is 0. The lowest BCUT2D eigenvalue weighted by Gasteiger charge is -2.22. The molecule has 0 atom stereocenters. The molecule has 1 fully saturated rings. The number of halogens is 1. The third kappa shape index (κ3) is 3.95. The molecular weight excluding hydrogens is 345 g/mol. The number of rotatable bonds is 5. The van der Waals surface area contributed by atoms with E-state index in [-0.39, 0.29) is 11.7 Å². The highest BCUT2D eigenvalue weighted by Gasteiger charge is 2.14. The Hall–Kier alpha value is -2.86. The van der Waals surface area contributed by atoms with E-state index in [1.54, 1.807) is 18.3 Å². The number of hydrogen-bond donors (Lipinski definition) is 3. The average molecular weight is 367 g/mol. The van der Waals surface area contributed by atoms with Gasteiger partial charge in [0.1, 0.15) is 5.82 Å². The first-order valence-corrected chi connectivity index (χ1v) is 9.15. The Morgan fingerprint density at radius 2 is 2.04 bits per heavy atom. The van der Waals surface area contributed by atoms with Crippen LogP contribution in [0.1, 0.15) is 18.4 Å². The second-order valence-corrected chi connectivity index (χ2v) is 6.79. The molecule has 2 aromatic carbocycles. The molecule has 3 aromatic rings. The maximum Gasteiger partial charge on any atom is 0.198 e. The third-order valence-electron chi connectivity index (χ3n) is 4.94. The molecule has 0 saturated carbocycles. The van der Waals surface area contributed by atoms with Gasteiger partial charge in [-0.15, -0.1) is 0 Å².